The van der Waals surface area contributed by atoms with Crippen LogP contribution in [0.2, 0.25) is 5.02 Å². The van der Waals surface area contributed by atoms with Crippen LogP contribution in [0.25, 0.3) is 0 Å². The maximum absolute atomic E-state index is 12.5. The molecule has 1 amide bonds. The van der Waals surface area contributed by atoms with E-state index < -0.39 is 0 Å². The van der Waals surface area contributed by atoms with Gasteiger partial charge in [-0.2, -0.15) is 4.98 Å². The van der Waals surface area contributed by atoms with E-state index in [9.17, 15) is 4.79 Å². The predicted molar refractivity (Wildman–Crippen MR) is 96.8 cm³/mol. The van der Waals surface area contributed by atoms with Crippen LogP contribution < -0.4 is 4.74 Å². The lowest BCUT2D eigenvalue weighted by molar-refractivity contribution is -0.133. The monoisotopic (exact) mass is 359 g/mol. The van der Waals surface area contributed by atoms with E-state index in [0.29, 0.717) is 36.1 Å². The quantitative estimate of drug-likeness (QED) is 0.820. The molecule has 25 heavy (non-hydrogen) atoms. The molecule has 1 fully saturated rings. The van der Waals surface area contributed by atoms with Gasteiger partial charge in [0.05, 0.1) is 6.54 Å². The Morgan fingerprint density at radius 3 is 3.08 bits per heavy atom. The van der Waals surface area contributed by atoms with Gasteiger partial charge >= 0.3 is 0 Å². The van der Waals surface area contributed by atoms with E-state index in [0.717, 1.165) is 24.9 Å². The number of carbonyl (C=O) groups is 1. The summed E-state index contributed by atoms with van der Waals surface area (Å²) in [5, 5.41) is 0.705. The lowest BCUT2D eigenvalue weighted by Gasteiger charge is -2.32. The normalized spacial score (nSPS) is 17.4. The lowest BCUT2D eigenvalue weighted by atomic mass is 10.1. The summed E-state index contributed by atoms with van der Waals surface area (Å²) in [6, 6.07) is 9.42. The highest BCUT2D eigenvalue weighted by molar-refractivity contribution is 6.30. The molecule has 1 aliphatic heterocycles. The van der Waals surface area contributed by atoms with Crippen molar-refractivity contribution in [2.24, 2.45) is 0 Å². The Bertz CT molecular complexity index is 738. The highest BCUT2D eigenvalue weighted by Crippen LogP contribution is 2.18. The molecule has 132 valence electrons. The molecule has 1 aliphatic rings. The number of likely N-dealkylation sites (tertiary alicyclic amines) is 1. The van der Waals surface area contributed by atoms with Crippen LogP contribution in [-0.4, -0.2) is 40.0 Å². The van der Waals surface area contributed by atoms with Gasteiger partial charge in [-0.15, -0.1) is 0 Å². The van der Waals surface area contributed by atoms with Gasteiger partial charge in [0.1, 0.15) is 11.9 Å². The number of ether oxygens (including phenoxy) is 1. The standard InChI is InChI=1S/C19H22ClN3O2/c1-14-21-10-9-18(22-14)25-17-6-3-11-23(13-17)19(24)8-7-15-4-2-5-16(20)12-15/h2,4-5,9-10,12,17H,3,6-8,11,13H2,1H3. The van der Waals surface area contributed by atoms with Gasteiger partial charge in [0.2, 0.25) is 11.8 Å². The average Bonchev–Trinajstić information content (AvgIpc) is 2.60. The molecule has 1 saturated heterocycles. The van der Waals surface area contributed by atoms with Crippen LogP contribution in [0.5, 0.6) is 5.88 Å². The van der Waals surface area contributed by atoms with Gasteiger partial charge < -0.3 is 9.64 Å². The second kappa shape index (κ2) is 8.30. The molecule has 0 N–H and O–H groups in total. The molecule has 0 bridgehead atoms. The number of benzene rings is 1. The van der Waals surface area contributed by atoms with Crippen LogP contribution in [0, 0.1) is 6.92 Å². The van der Waals surface area contributed by atoms with Crippen LogP contribution in [-0.2, 0) is 11.2 Å². The molecule has 3 rings (SSSR count). The summed E-state index contributed by atoms with van der Waals surface area (Å²) in [6.07, 6.45) is 4.73. The minimum Gasteiger partial charge on any atom is -0.472 e. The summed E-state index contributed by atoms with van der Waals surface area (Å²) in [4.78, 5) is 22.8. The molecule has 1 aromatic carbocycles. The zero-order valence-electron chi connectivity index (χ0n) is 14.3. The maximum Gasteiger partial charge on any atom is 0.223 e. The van der Waals surface area contributed by atoms with E-state index >= 15 is 0 Å². The molecular formula is C19H22ClN3O2. The molecule has 1 atom stereocenters. The molecular weight excluding hydrogens is 338 g/mol. The van der Waals surface area contributed by atoms with Gasteiger partial charge in [0.15, 0.2) is 0 Å². The van der Waals surface area contributed by atoms with Crippen LogP contribution in [0.4, 0.5) is 0 Å². The average molecular weight is 360 g/mol. The largest absolute Gasteiger partial charge is 0.472 e. The summed E-state index contributed by atoms with van der Waals surface area (Å²) in [7, 11) is 0. The van der Waals surface area contributed by atoms with Gasteiger partial charge in [-0.1, -0.05) is 23.7 Å². The smallest absolute Gasteiger partial charge is 0.223 e. The van der Waals surface area contributed by atoms with E-state index in [1.54, 1.807) is 12.3 Å². The van der Waals surface area contributed by atoms with Crippen molar-refractivity contribution in [2.45, 2.75) is 38.7 Å². The first-order valence-corrected chi connectivity index (χ1v) is 8.96. The van der Waals surface area contributed by atoms with Gasteiger partial charge in [-0.3, -0.25) is 4.79 Å². The number of aryl methyl sites for hydroxylation is 2. The number of carbonyl (C=O) groups excluding carboxylic acids is 1. The van der Waals surface area contributed by atoms with Crippen molar-refractivity contribution >= 4 is 17.5 Å². The van der Waals surface area contributed by atoms with Gasteiger partial charge in [-0.05, 0) is 43.9 Å². The van der Waals surface area contributed by atoms with E-state index in [4.69, 9.17) is 16.3 Å². The third-order valence-corrected chi connectivity index (χ3v) is 4.52. The Labute approximate surface area is 153 Å². The second-order valence-electron chi connectivity index (χ2n) is 6.29. The molecule has 0 saturated carbocycles. The maximum atomic E-state index is 12.5. The van der Waals surface area contributed by atoms with Crippen molar-refractivity contribution in [2.75, 3.05) is 13.1 Å². The Hall–Kier alpha value is -2.14. The molecule has 2 heterocycles. The number of piperidine rings is 1. The minimum atomic E-state index is -0.0156. The van der Waals surface area contributed by atoms with Crippen LogP contribution in [0.3, 0.4) is 0 Å². The number of amides is 1. The Morgan fingerprint density at radius 2 is 2.28 bits per heavy atom. The Morgan fingerprint density at radius 1 is 1.40 bits per heavy atom. The summed E-state index contributed by atoms with van der Waals surface area (Å²) < 4.78 is 5.93. The van der Waals surface area contributed by atoms with Crippen molar-refractivity contribution in [3.8, 4) is 5.88 Å². The highest BCUT2D eigenvalue weighted by atomic mass is 35.5. The lowest BCUT2D eigenvalue weighted by Crippen LogP contribution is -2.44. The van der Waals surface area contributed by atoms with E-state index in [2.05, 4.69) is 9.97 Å². The SMILES string of the molecule is Cc1nccc(OC2CCCN(C(=O)CCc3cccc(Cl)c3)C2)n1. The third kappa shape index (κ3) is 5.16. The fourth-order valence-electron chi connectivity index (χ4n) is 3.03. The van der Waals surface area contributed by atoms with Crippen molar-refractivity contribution in [1.82, 2.24) is 14.9 Å². The van der Waals surface area contributed by atoms with E-state index in [1.807, 2.05) is 36.1 Å². The number of aromatic nitrogens is 2. The molecule has 0 aliphatic carbocycles. The molecule has 6 heteroatoms. The number of rotatable bonds is 5. The molecule has 0 spiro atoms. The topological polar surface area (TPSA) is 55.3 Å². The second-order valence-corrected chi connectivity index (χ2v) is 6.73. The molecule has 1 aromatic heterocycles. The summed E-state index contributed by atoms with van der Waals surface area (Å²) in [6.45, 7) is 3.23. The zero-order chi connectivity index (χ0) is 17.6. The number of halogens is 1. The summed E-state index contributed by atoms with van der Waals surface area (Å²) >= 11 is 5.99. The van der Waals surface area contributed by atoms with Crippen molar-refractivity contribution in [3.05, 3.63) is 52.9 Å². The highest BCUT2D eigenvalue weighted by Gasteiger charge is 2.25. The van der Waals surface area contributed by atoms with Crippen molar-refractivity contribution in [1.29, 1.82) is 0 Å². The van der Waals surface area contributed by atoms with Crippen LogP contribution in [0.1, 0.15) is 30.7 Å². The predicted octanol–water partition coefficient (Wildman–Crippen LogP) is 3.44. The number of nitrogens with zero attached hydrogens (tertiary/aromatic N) is 3. The van der Waals surface area contributed by atoms with Gasteiger partial charge in [0, 0.05) is 30.3 Å². The van der Waals surface area contributed by atoms with Crippen LogP contribution in [0.15, 0.2) is 36.5 Å². The van der Waals surface area contributed by atoms with E-state index in [1.165, 1.54) is 0 Å². The fraction of sp³-hybridized carbons (Fsp3) is 0.421. The number of hydrogen-bond donors (Lipinski definition) is 0. The number of hydrogen-bond acceptors (Lipinski definition) is 4. The van der Waals surface area contributed by atoms with Gasteiger partial charge in [0.25, 0.3) is 0 Å². The molecule has 1 unspecified atom stereocenters. The fourth-order valence-corrected chi connectivity index (χ4v) is 3.25. The summed E-state index contributed by atoms with van der Waals surface area (Å²) in [5.41, 5.74) is 1.09. The third-order valence-electron chi connectivity index (χ3n) is 4.29. The van der Waals surface area contributed by atoms with Crippen LogP contribution >= 0.6 is 11.6 Å². The van der Waals surface area contributed by atoms with Crippen molar-refractivity contribution in [3.63, 3.8) is 0 Å². The minimum absolute atomic E-state index is 0.0156. The first-order valence-electron chi connectivity index (χ1n) is 8.58. The molecule has 0 radical (unpaired) electrons. The molecule has 2 aromatic rings. The first kappa shape index (κ1) is 17.7. The van der Waals surface area contributed by atoms with E-state index in [-0.39, 0.29) is 12.0 Å². The van der Waals surface area contributed by atoms with Crippen molar-refractivity contribution < 1.29 is 9.53 Å². The Kier molecular flexibility index (Phi) is 5.87. The zero-order valence-corrected chi connectivity index (χ0v) is 15.1. The first-order chi connectivity index (χ1) is 12.1. The van der Waals surface area contributed by atoms with Gasteiger partial charge in [-0.25, -0.2) is 4.98 Å². The molecule has 5 nitrogen and oxygen atoms in total. The summed E-state index contributed by atoms with van der Waals surface area (Å²) in [5.74, 6) is 1.42. The Balaban J connectivity index is 1.52.